The van der Waals surface area contributed by atoms with Crippen molar-refractivity contribution < 1.29 is 9.13 Å². The fourth-order valence-electron chi connectivity index (χ4n) is 2.15. The first-order valence-corrected chi connectivity index (χ1v) is 7.37. The molecule has 0 saturated heterocycles. The number of benzene rings is 2. The summed E-state index contributed by atoms with van der Waals surface area (Å²) in [6.07, 6.45) is 0. The Kier molecular flexibility index (Phi) is 3.71. The Hall–Kier alpha value is -2.20. The molecule has 21 heavy (non-hydrogen) atoms. The summed E-state index contributed by atoms with van der Waals surface area (Å²) in [5.41, 5.74) is 2.85. The van der Waals surface area contributed by atoms with Gasteiger partial charge in [0, 0.05) is 16.0 Å². The number of halogens is 1. The summed E-state index contributed by atoms with van der Waals surface area (Å²) in [5, 5.41) is 0.936. The molecule has 4 heteroatoms. The predicted octanol–water partition coefficient (Wildman–Crippen LogP) is 4.93. The summed E-state index contributed by atoms with van der Waals surface area (Å²) in [6.45, 7) is 2.03. The van der Waals surface area contributed by atoms with Gasteiger partial charge in [-0.15, -0.1) is 11.3 Å². The van der Waals surface area contributed by atoms with Crippen LogP contribution in [0.15, 0.2) is 48.5 Å². The normalized spacial score (nSPS) is 10.6. The molecule has 3 aromatic rings. The van der Waals surface area contributed by atoms with E-state index in [1.165, 1.54) is 12.1 Å². The molecule has 1 heterocycles. The lowest BCUT2D eigenvalue weighted by Gasteiger charge is -2.01. The van der Waals surface area contributed by atoms with Gasteiger partial charge in [-0.3, -0.25) is 0 Å². The SMILES string of the molecule is COc1cccc(-c2nc(-c3ccc(F)cc3)c(C)s2)c1. The largest absolute Gasteiger partial charge is 0.497 e. The van der Waals surface area contributed by atoms with E-state index in [-0.39, 0.29) is 5.82 Å². The minimum Gasteiger partial charge on any atom is -0.497 e. The summed E-state index contributed by atoms with van der Waals surface area (Å²) in [7, 11) is 1.65. The smallest absolute Gasteiger partial charge is 0.124 e. The van der Waals surface area contributed by atoms with E-state index in [1.807, 2.05) is 31.2 Å². The van der Waals surface area contributed by atoms with E-state index < -0.39 is 0 Å². The van der Waals surface area contributed by atoms with E-state index in [2.05, 4.69) is 0 Å². The van der Waals surface area contributed by atoms with E-state index in [0.29, 0.717) is 0 Å². The van der Waals surface area contributed by atoms with E-state index >= 15 is 0 Å². The average Bonchev–Trinajstić information content (AvgIpc) is 2.90. The first-order valence-electron chi connectivity index (χ1n) is 6.55. The Bertz CT molecular complexity index is 765. The van der Waals surface area contributed by atoms with Gasteiger partial charge in [0.1, 0.15) is 16.6 Å². The van der Waals surface area contributed by atoms with Crippen molar-refractivity contribution in [3.05, 3.63) is 59.2 Å². The second-order valence-corrected chi connectivity index (χ2v) is 5.87. The van der Waals surface area contributed by atoms with Gasteiger partial charge in [-0.25, -0.2) is 9.37 Å². The van der Waals surface area contributed by atoms with E-state index in [4.69, 9.17) is 9.72 Å². The van der Waals surface area contributed by atoms with Crippen molar-refractivity contribution in [2.45, 2.75) is 6.92 Å². The van der Waals surface area contributed by atoms with Crippen molar-refractivity contribution in [3.63, 3.8) is 0 Å². The molecule has 0 atom stereocenters. The molecule has 0 spiro atoms. The maximum atomic E-state index is 13.0. The first-order chi connectivity index (χ1) is 10.2. The second kappa shape index (κ2) is 5.66. The van der Waals surface area contributed by atoms with Crippen LogP contribution in [-0.2, 0) is 0 Å². The highest BCUT2D eigenvalue weighted by atomic mass is 32.1. The van der Waals surface area contributed by atoms with Gasteiger partial charge in [0.2, 0.25) is 0 Å². The monoisotopic (exact) mass is 299 g/mol. The zero-order valence-electron chi connectivity index (χ0n) is 11.8. The highest BCUT2D eigenvalue weighted by Gasteiger charge is 2.11. The molecule has 1 aromatic heterocycles. The average molecular weight is 299 g/mol. The molecule has 3 rings (SSSR count). The summed E-state index contributed by atoms with van der Waals surface area (Å²) in [4.78, 5) is 5.81. The third-order valence-electron chi connectivity index (χ3n) is 3.23. The Morgan fingerprint density at radius 2 is 1.81 bits per heavy atom. The van der Waals surface area contributed by atoms with Crippen LogP contribution in [-0.4, -0.2) is 12.1 Å². The van der Waals surface area contributed by atoms with Crippen molar-refractivity contribution in [3.8, 4) is 27.6 Å². The maximum absolute atomic E-state index is 13.0. The molecule has 0 unspecified atom stereocenters. The van der Waals surface area contributed by atoms with Crippen molar-refractivity contribution in [2.75, 3.05) is 7.11 Å². The number of thiazole rings is 1. The number of methoxy groups -OCH3 is 1. The van der Waals surface area contributed by atoms with Crippen LogP contribution >= 0.6 is 11.3 Å². The molecule has 0 aliphatic rings. The number of ether oxygens (including phenoxy) is 1. The standard InChI is InChI=1S/C17H14FNOS/c1-11-16(12-6-8-14(18)9-7-12)19-17(21-11)13-4-3-5-15(10-13)20-2/h3-10H,1-2H3. The van der Waals surface area contributed by atoms with Crippen LogP contribution in [0.2, 0.25) is 0 Å². The van der Waals surface area contributed by atoms with Crippen LogP contribution in [0.4, 0.5) is 4.39 Å². The summed E-state index contributed by atoms with van der Waals surface area (Å²) < 4.78 is 18.3. The van der Waals surface area contributed by atoms with E-state index in [9.17, 15) is 4.39 Å². The molecule has 2 nitrogen and oxygen atoms in total. The van der Waals surface area contributed by atoms with Crippen LogP contribution in [0.1, 0.15) is 4.88 Å². The fraction of sp³-hybridized carbons (Fsp3) is 0.118. The van der Waals surface area contributed by atoms with Crippen molar-refractivity contribution in [1.29, 1.82) is 0 Å². The number of nitrogens with zero attached hydrogens (tertiary/aromatic N) is 1. The fourth-order valence-corrected chi connectivity index (χ4v) is 3.08. The highest BCUT2D eigenvalue weighted by Crippen LogP contribution is 2.34. The molecular weight excluding hydrogens is 285 g/mol. The molecule has 0 aliphatic carbocycles. The molecule has 0 fully saturated rings. The molecule has 106 valence electrons. The third kappa shape index (κ3) is 2.81. The van der Waals surface area contributed by atoms with E-state index in [1.54, 1.807) is 30.6 Å². The lowest BCUT2D eigenvalue weighted by atomic mass is 10.1. The predicted molar refractivity (Wildman–Crippen MR) is 84.2 cm³/mol. The number of hydrogen-bond acceptors (Lipinski definition) is 3. The number of rotatable bonds is 3. The highest BCUT2D eigenvalue weighted by molar-refractivity contribution is 7.15. The van der Waals surface area contributed by atoms with Gasteiger partial charge >= 0.3 is 0 Å². The van der Waals surface area contributed by atoms with E-state index in [0.717, 1.165) is 32.5 Å². The van der Waals surface area contributed by atoms with Crippen LogP contribution in [0.5, 0.6) is 5.75 Å². The Morgan fingerprint density at radius 1 is 1.05 bits per heavy atom. The quantitative estimate of drug-likeness (QED) is 0.684. The lowest BCUT2D eigenvalue weighted by molar-refractivity contribution is 0.415. The van der Waals surface area contributed by atoms with Crippen molar-refractivity contribution in [2.24, 2.45) is 0 Å². The zero-order valence-corrected chi connectivity index (χ0v) is 12.6. The van der Waals surface area contributed by atoms with Gasteiger partial charge in [-0.1, -0.05) is 12.1 Å². The van der Waals surface area contributed by atoms with Crippen molar-refractivity contribution >= 4 is 11.3 Å². The summed E-state index contributed by atoms with van der Waals surface area (Å²) in [5.74, 6) is 0.573. The number of aromatic nitrogens is 1. The summed E-state index contributed by atoms with van der Waals surface area (Å²) in [6, 6.07) is 14.3. The molecule has 0 N–H and O–H groups in total. The number of aryl methyl sites for hydroxylation is 1. The van der Waals surface area contributed by atoms with Gasteiger partial charge in [-0.05, 0) is 43.3 Å². The molecule has 0 amide bonds. The van der Waals surface area contributed by atoms with Gasteiger partial charge < -0.3 is 4.74 Å². The maximum Gasteiger partial charge on any atom is 0.124 e. The molecule has 0 saturated carbocycles. The third-order valence-corrected chi connectivity index (χ3v) is 4.25. The van der Waals surface area contributed by atoms with Crippen molar-refractivity contribution in [1.82, 2.24) is 4.98 Å². The van der Waals surface area contributed by atoms with Crippen LogP contribution in [0.25, 0.3) is 21.8 Å². The topological polar surface area (TPSA) is 22.1 Å². The lowest BCUT2D eigenvalue weighted by Crippen LogP contribution is -1.84. The molecule has 0 aliphatic heterocycles. The molecular formula is C17H14FNOS. The number of hydrogen-bond donors (Lipinski definition) is 0. The zero-order chi connectivity index (χ0) is 14.8. The van der Waals surface area contributed by atoms with Crippen LogP contribution in [0.3, 0.4) is 0 Å². The van der Waals surface area contributed by atoms with Crippen LogP contribution < -0.4 is 4.74 Å². The molecule has 0 bridgehead atoms. The second-order valence-electron chi connectivity index (χ2n) is 4.66. The Balaban J connectivity index is 2.02. The Labute approximate surface area is 126 Å². The van der Waals surface area contributed by atoms with Gasteiger partial charge in [0.25, 0.3) is 0 Å². The molecule has 2 aromatic carbocycles. The minimum atomic E-state index is -0.236. The van der Waals surface area contributed by atoms with Gasteiger partial charge in [0.05, 0.1) is 12.8 Å². The molecule has 0 radical (unpaired) electrons. The van der Waals surface area contributed by atoms with Gasteiger partial charge in [0.15, 0.2) is 0 Å². The van der Waals surface area contributed by atoms with Gasteiger partial charge in [-0.2, -0.15) is 0 Å². The minimum absolute atomic E-state index is 0.236. The Morgan fingerprint density at radius 3 is 2.52 bits per heavy atom. The summed E-state index contributed by atoms with van der Waals surface area (Å²) >= 11 is 1.63. The first kappa shape index (κ1) is 13.8. The van der Waals surface area contributed by atoms with Crippen LogP contribution in [0, 0.1) is 12.7 Å².